The Morgan fingerprint density at radius 3 is 2.43 bits per heavy atom. The average molecular weight is 418 g/mol. The molecule has 30 heavy (non-hydrogen) atoms. The van der Waals surface area contributed by atoms with Crippen molar-refractivity contribution in [2.45, 2.75) is 45.5 Å². The molecule has 0 bridgehead atoms. The van der Waals surface area contributed by atoms with Crippen LogP contribution in [0, 0.1) is 6.92 Å². The second-order valence-corrected chi connectivity index (χ2v) is 7.29. The fraction of sp³-hybridized carbons (Fsp3) is 0.435. The van der Waals surface area contributed by atoms with E-state index in [0.717, 1.165) is 11.1 Å². The summed E-state index contributed by atoms with van der Waals surface area (Å²) >= 11 is 0. The predicted octanol–water partition coefficient (Wildman–Crippen LogP) is 3.24. The van der Waals surface area contributed by atoms with Crippen LogP contribution in [0.25, 0.3) is 0 Å². The molecule has 0 aliphatic carbocycles. The lowest BCUT2D eigenvalue weighted by Gasteiger charge is -2.18. The Hall–Kier alpha value is -2.77. The molecule has 2 aromatic carbocycles. The van der Waals surface area contributed by atoms with Gasteiger partial charge in [-0.05, 0) is 56.2 Å². The Bertz CT molecular complexity index is 819. The smallest absolute Gasteiger partial charge is 0.333 e. The summed E-state index contributed by atoms with van der Waals surface area (Å²) in [6, 6.07) is 12.7. The molecule has 0 fully saturated rings. The number of methoxy groups -OCH3 is 1. The molecule has 0 saturated carbocycles. The number of carbonyl (C=O) groups is 1. The number of aliphatic carboxylic acids is 1. The number of hydrogen-bond donors (Lipinski definition) is 2. The minimum Gasteiger partial charge on any atom is -0.493 e. The van der Waals surface area contributed by atoms with Crippen LogP contribution >= 0.6 is 0 Å². The highest BCUT2D eigenvalue weighted by molar-refractivity contribution is 5.72. The summed E-state index contributed by atoms with van der Waals surface area (Å²) < 4.78 is 22.0. The van der Waals surface area contributed by atoms with Crippen LogP contribution in [-0.2, 0) is 16.0 Å². The number of hydrogen-bond acceptors (Lipinski definition) is 6. The van der Waals surface area contributed by atoms with Crippen LogP contribution in [0.3, 0.4) is 0 Å². The molecule has 0 spiro atoms. The van der Waals surface area contributed by atoms with E-state index in [2.05, 4.69) is 0 Å². The van der Waals surface area contributed by atoms with Gasteiger partial charge in [-0.25, -0.2) is 4.79 Å². The highest BCUT2D eigenvalue weighted by atomic mass is 16.5. The van der Waals surface area contributed by atoms with E-state index >= 15 is 0 Å². The van der Waals surface area contributed by atoms with Crippen molar-refractivity contribution in [2.24, 2.45) is 0 Å². The van der Waals surface area contributed by atoms with Gasteiger partial charge in [0.05, 0.1) is 13.2 Å². The van der Waals surface area contributed by atoms with E-state index in [1.807, 2.05) is 31.2 Å². The van der Waals surface area contributed by atoms with Gasteiger partial charge in [-0.2, -0.15) is 0 Å². The molecule has 2 unspecified atom stereocenters. The van der Waals surface area contributed by atoms with Crippen molar-refractivity contribution < 1.29 is 34.0 Å². The van der Waals surface area contributed by atoms with Gasteiger partial charge in [0, 0.05) is 6.42 Å². The van der Waals surface area contributed by atoms with Crippen molar-refractivity contribution in [2.75, 3.05) is 20.3 Å². The van der Waals surface area contributed by atoms with Gasteiger partial charge in [-0.15, -0.1) is 0 Å². The van der Waals surface area contributed by atoms with Crippen LogP contribution in [0.1, 0.15) is 25.0 Å². The third-order valence-electron chi connectivity index (χ3n) is 4.22. The summed E-state index contributed by atoms with van der Waals surface area (Å²) in [5.41, 5.74) is 1.80. The standard InChI is InChI=1S/C23H30O7/c1-15(2)30-22(23(25)26)12-17-6-5-7-19(11-17)28-13-18(24)14-29-21-10-16(3)8-9-20(21)27-4/h5-11,15,18,22,24H,12-14H2,1-4H3,(H,25,26). The van der Waals surface area contributed by atoms with Gasteiger partial charge in [0.15, 0.2) is 17.6 Å². The minimum absolute atomic E-state index is 0.0302. The van der Waals surface area contributed by atoms with Gasteiger partial charge in [0.2, 0.25) is 0 Å². The number of carboxylic acid groups (broad SMARTS) is 1. The van der Waals surface area contributed by atoms with Crippen molar-refractivity contribution in [1.29, 1.82) is 0 Å². The highest BCUT2D eigenvalue weighted by Gasteiger charge is 2.20. The fourth-order valence-electron chi connectivity index (χ4n) is 2.82. The second-order valence-electron chi connectivity index (χ2n) is 7.29. The summed E-state index contributed by atoms with van der Waals surface area (Å²) in [7, 11) is 1.56. The number of aryl methyl sites for hydroxylation is 1. The lowest BCUT2D eigenvalue weighted by atomic mass is 10.1. The van der Waals surface area contributed by atoms with Gasteiger partial charge >= 0.3 is 5.97 Å². The molecular formula is C23H30O7. The molecule has 0 radical (unpaired) electrons. The second kappa shape index (κ2) is 11.4. The zero-order valence-electron chi connectivity index (χ0n) is 17.8. The number of carboxylic acids is 1. The third kappa shape index (κ3) is 7.57. The largest absolute Gasteiger partial charge is 0.493 e. The van der Waals surface area contributed by atoms with E-state index in [0.29, 0.717) is 17.2 Å². The zero-order chi connectivity index (χ0) is 22.1. The summed E-state index contributed by atoms with van der Waals surface area (Å²) in [4.78, 5) is 11.4. The van der Waals surface area contributed by atoms with E-state index in [4.69, 9.17) is 18.9 Å². The number of aliphatic hydroxyl groups is 1. The molecule has 164 valence electrons. The fourth-order valence-corrected chi connectivity index (χ4v) is 2.82. The Morgan fingerprint density at radius 1 is 1.03 bits per heavy atom. The molecule has 0 saturated heterocycles. The first-order valence-corrected chi connectivity index (χ1v) is 9.84. The maximum absolute atomic E-state index is 11.4. The molecule has 2 rings (SSSR count). The minimum atomic E-state index is -1.01. The van der Waals surface area contributed by atoms with E-state index in [1.165, 1.54) is 0 Å². The Morgan fingerprint density at radius 2 is 1.77 bits per heavy atom. The van der Waals surface area contributed by atoms with Gasteiger partial charge in [0.25, 0.3) is 0 Å². The lowest BCUT2D eigenvalue weighted by molar-refractivity contribution is -0.153. The van der Waals surface area contributed by atoms with E-state index in [9.17, 15) is 15.0 Å². The maximum Gasteiger partial charge on any atom is 0.333 e. The number of aliphatic hydroxyl groups excluding tert-OH is 1. The van der Waals surface area contributed by atoms with E-state index < -0.39 is 18.2 Å². The molecular weight excluding hydrogens is 388 g/mol. The summed E-state index contributed by atoms with van der Waals surface area (Å²) in [6.45, 7) is 5.61. The normalized spacial score (nSPS) is 13.0. The summed E-state index contributed by atoms with van der Waals surface area (Å²) in [6.07, 6.45) is -1.74. The predicted molar refractivity (Wildman–Crippen MR) is 113 cm³/mol. The lowest BCUT2D eigenvalue weighted by Crippen LogP contribution is -2.29. The monoisotopic (exact) mass is 418 g/mol. The Kier molecular flexibility index (Phi) is 8.95. The molecule has 2 N–H and O–H groups in total. The first-order valence-electron chi connectivity index (χ1n) is 9.84. The molecule has 7 heteroatoms. The molecule has 0 heterocycles. The van der Waals surface area contributed by atoms with Crippen LogP contribution < -0.4 is 14.2 Å². The van der Waals surface area contributed by atoms with Gasteiger partial charge in [-0.1, -0.05) is 18.2 Å². The van der Waals surface area contributed by atoms with Crippen molar-refractivity contribution in [3.05, 3.63) is 53.6 Å². The number of ether oxygens (including phenoxy) is 4. The van der Waals surface area contributed by atoms with Gasteiger partial charge in [-0.3, -0.25) is 0 Å². The molecule has 0 aliphatic heterocycles. The molecule has 0 aromatic heterocycles. The van der Waals surface area contributed by atoms with Crippen LogP contribution in [0.2, 0.25) is 0 Å². The maximum atomic E-state index is 11.4. The Labute approximate surface area is 177 Å². The van der Waals surface area contributed by atoms with Crippen LogP contribution in [-0.4, -0.2) is 54.8 Å². The summed E-state index contributed by atoms with van der Waals surface area (Å²) in [5, 5.41) is 19.5. The zero-order valence-corrected chi connectivity index (χ0v) is 17.8. The SMILES string of the molecule is COc1ccc(C)cc1OCC(O)COc1cccc(CC(OC(C)C)C(=O)O)c1. The van der Waals surface area contributed by atoms with Crippen molar-refractivity contribution in [3.8, 4) is 17.2 Å². The van der Waals surface area contributed by atoms with Gasteiger partial charge < -0.3 is 29.2 Å². The van der Waals surface area contributed by atoms with Gasteiger partial charge in [0.1, 0.15) is 25.1 Å². The number of rotatable bonds is 12. The van der Waals surface area contributed by atoms with Crippen molar-refractivity contribution in [3.63, 3.8) is 0 Å². The van der Waals surface area contributed by atoms with E-state index in [1.54, 1.807) is 39.2 Å². The van der Waals surface area contributed by atoms with Crippen molar-refractivity contribution >= 4 is 5.97 Å². The van der Waals surface area contributed by atoms with Crippen LogP contribution in [0.5, 0.6) is 17.2 Å². The van der Waals surface area contributed by atoms with E-state index in [-0.39, 0.29) is 25.7 Å². The number of benzene rings is 2. The first kappa shape index (κ1) is 23.5. The summed E-state index contributed by atoms with van der Waals surface area (Å²) in [5.74, 6) is 0.684. The third-order valence-corrected chi connectivity index (χ3v) is 4.22. The average Bonchev–Trinajstić information content (AvgIpc) is 2.70. The molecule has 7 nitrogen and oxygen atoms in total. The Balaban J connectivity index is 1.89. The van der Waals surface area contributed by atoms with Crippen LogP contribution in [0.4, 0.5) is 0 Å². The van der Waals surface area contributed by atoms with Crippen molar-refractivity contribution in [1.82, 2.24) is 0 Å². The molecule has 0 aliphatic rings. The highest BCUT2D eigenvalue weighted by Crippen LogP contribution is 2.27. The first-order chi connectivity index (χ1) is 14.3. The molecule has 2 atom stereocenters. The topological polar surface area (TPSA) is 94.5 Å². The molecule has 0 amide bonds. The quantitative estimate of drug-likeness (QED) is 0.546. The van der Waals surface area contributed by atoms with Crippen LogP contribution in [0.15, 0.2) is 42.5 Å². The molecule has 2 aromatic rings.